The molecule has 0 aliphatic carbocycles. The smallest absolute Gasteiger partial charge is 0.337 e. The lowest BCUT2D eigenvalue weighted by Crippen LogP contribution is -2.20. The third-order valence-electron chi connectivity index (χ3n) is 4.84. The van der Waals surface area contributed by atoms with Crippen LogP contribution in [0.1, 0.15) is 41.3 Å². The minimum atomic E-state index is -0.888. The Labute approximate surface area is 153 Å². The molecule has 0 radical (unpaired) electrons. The molecule has 0 fully saturated rings. The molecule has 3 aromatic rings. The average molecular weight is 351 g/mol. The molecule has 0 spiro atoms. The number of aromatic carboxylic acids is 1. The second-order valence-electron chi connectivity index (χ2n) is 7.08. The monoisotopic (exact) mass is 351 g/mol. The van der Waals surface area contributed by atoms with Crippen LogP contribution >= 0.6 is 0 Å². The molecule has 5 heteroatoms. The molecule has 0 bridgehead atoms. The Morgan fingerprint density at radius 2 is 2.12 bits per heavy atom. The lowest BCUT2D eigenvalue weighted by atomic mass is 9.98. The van der Waals surface area contributed by atoms with Crippen molar-refractivity contribution in [1.82, 2.24) is 9.55 Å². The summed E-state index contributed by atoms with van der Waals surface area (Å²) in [6, 6.07) is 8.19. The number of carboxylic acid groups (broad SMARTS) is 1. The zero-order valence-electron chi connectivity index (χ0n) is 15.7. The van der Waals surface area contributed by atoms with Gasteiger partial charge in [-0.3, -0.25) is 4.98 Å². The first-order valence-electron chi connectivity index (χ1n) is 8.84. The summed E-state index contributed by atoms with van der Waals surface area (Å²) in [7, 11) is 3.96. The topological polar surface area (TPSA) is 58.4 Å². The summed E-state index contributed by atoms with van der Waals surface area (Å²) in [6.07, 6.45) is 6.26. The normalized spacial score (nSPS) is 11.3. The minimum absolute atomic E-state index is 0.305. The Morgan fingerprint density at radius 1 is 1.35 bits per heavy atom. The number of aryl methyl sites for hydroxylation is 1. The molecular formula is C21H25N3O2. The minimum Gasteiger partial charge on any atom is -0.478 e. The van der Waals surface area contributed by atoms with Gasteiger partial charge in [0.2, 0.25) is 0 Å². The van der Waals surface area contributed by atoms with Crippen LogP contribution in [0, 0.1) is 0 Å². The Morgan fingerprint density at radius 3 is 2.73 bits per heavy atom. The molecule has 0 aliphatic rings. The predicted molar refractivity (Wildman–Crippen MR) is 105 cm³/mol. The number of rotatable bonds is 6. The maximum atomic E-state index is 11.7. The molecule has 0 amide bonds. The van der Waals surface area contributed by atoms with Gasteiger partial charge in [-0.05, 0) is 41.7 Å². The van der Waals surface area contributed by atoms with Crippen LogP contribution in [0.2, 0.25) is 0 Å². The number of hydrogen-bond acceptors (Lipinski definition) is 3. The van der Waals surface area contributed by atoms with Crippen LogP contribution in [0.4, 0.5) is 5.69 Å². The number of likely N-dealkylation sites (N-methyl/N-ethyl adjacent to an activating group) is 1. The van der Waals surface area contributed by atoms with Gasteiger partial charge in [-0.2, -0.15) is 0 Å². The van der Waals surface area contributed by atoms with Gasteiger partial charge >= 0.3 is 5.97 Å². The molecule has 2 heterocycles. The quantitative estimate of drug-likeness (QED) is 0.727. The number of hydrogen-bond donors (Lipinski definition) is 1. The maximum absolute atomic E-state index is 11.7. The number of carboxylic acids is 1. The van der Waals surface area contributed by atoms with Gasteiger partial charge in [-0.25, -0.2) is 4.79 Å². The van der Waals surface area contributed by atoms with Crippen LogP contribution in [-0.2, 0) is 13.5 Å². The van der Waals surface area contributed by atoms with Crippen LogP contribution in [0.15, 0.2) is 42.9 Å². The Balaban J connectivity index is 2.00. The van der Waals surface area contributed by atoms with Crippen molar-refractivity contribution >= 4 is 22.6 Å². The Hall–Kier alpha value is -2.82. The van der Waals surface area contributed by atoms with Gasteiger partial charge in [0.15, 0.2) is 0 Å². The molecule has 0 atom stereocenters. The van der Waals surface area contributed by atoms with Crippen LogP contribution in [0.25, 0.3) is 10.9 Å². The summed E-state index contributed by atoms with van der Waals surface area (Å²) >= 11 is 0. The zero-order valence-corrected chi connectivity index (χ0v) is 15.7. The number of nitrogens with zero attached hydrogens (tertiary/aromatic N) is 3. The summed E-state index contributed by atoms with van der Waals surface area (Å²) in [6.45, 7) is 5.12. The highest BCUT2D eigenvalue weighted by Gasteiger charge is 2.19. The molecule has 0 saturated heterocycles. The van der Waals surface area contributed by atoms with Crippen molar-refractivity contribution in [2.75, 3.05) is 18.5 Å². The summed E-state index contributed by atoms with van der Waals surface area (Å²) in [5.41, 5.74) is 4.75. The first-order chi connectivity index (χ1) is 12.4. The molecular weight excluding hydrogens is 326 g/mol. The van der Waals surface area contributed by atoms with Crippen molar-refractivity contribution in [1.29, 1.82) is 0 Å². The predicted octanol–water partition coefficient (Wildman–Crippen LogP) is 4.07. The summed E-state index contributed by atoms with van der Waals surface area (Å²) < 4.78 is 1.92. The molecule has 3 rings (SSSR count). The van der Waals surface area contributed by atoms with Gasteiger partial charge in [0.25, 0.3) is 0 Å². The fourth-order valence-electron chi connectivity index (χ4n) is 3.37. The highest BCUT2D eigenvalue weighted by molar-refractivity contribution is 6.05. The van der Waals surface area contributed by atoms with E-state index in [-0.39, 0.29) is 0 Å². The van der Waals surface area contributed by atoms with E-state index in [1.54, 1.807) is 12.4 Å². The molecule has 2 aromatic heterocycles. The lowest BCUT2D eigenvalue weighted by molar-refractivity contribution is 0.0699. The van der Waals surface area contributed by atoms with Gasteiger partial charge in [-0.15, -0.1) is 0 Å². The summed E-state index contributed by atoms with van der Waals surface area (Å²) in [5, 5.41) is 10.4. The van der Waals surface area contributed by atoms with Crippen LogP contribution in [-0.4, -0.2) is 34.2 Å². The van der Waals surface area contributed by atoms with Crippen molar-refractivity contribution in [2.45, 2.75) is 26.2 Å². The lowest BCUT2D eigenvalue weighted by Gasteiger charge is -2.22. The average Bonchev–Trinajstić information content (AvgIpc) is 2.97. The number of carbonyl (C=O) groups is 1. The van der Waals surface area contributed by atoms with Crippen molar-refractivity contribution in [2.24, 2.45) is 7.05 Å². The molecule has 0 saturated carbocycles. The van der Waals surface area contributed by atoms with E-state index in [0.717, 1.165) is 29.6 Å². The van der Waals surface area contributed by atoms with Crippen LogP contribution < -0.4 is 4.90 Å². The van der Waals surface area contributed by atoms with Gasteiger partial charge in [-0.1, -0.05) is 19.9 Å². The third-order valence-corrected chi connectivity index (χ3v) is 4.84. The highest BCUT2D eigenvalue weighted by atomic mass is 16.4. The Kier molecular flexibility index (Phi) is 4.98. The van der Waals surface area contributed by atoms with Gasteiger partial charge in [0.1, 0.15) is 0 Å². The number of anilines is 1. The van der Waals surface area contributed by atoms with Crippen LogP contribution in [0.3, 0.4) is 0 Å². The molecule has 26 heavy (non-hydrogen) atoms. The molecule has 1 aromatic carbocycles. The second-order valence-corrected chi connectivity index (χ2v) is 7.08. The van der Waals surface area contributed by atoms with Gasteiger partial charge < -0.3 is 14.6 Å². The number of benzene rings is 1. The zero-order chi connectivity index (χ0) is 18.8. The number of pyridine rings is 1. The molecule has 0 aliphatic heterocycles. The van der Waals surface area contributed by atoms with E-state index in [1.807, 2.05) is 37.0 Å². The first-order valence-corrected chi connectivity index (χ1v) is 8.84. The van der Waals surface area contributed by atoms with Crippen molar-refractivity contribution in [3.8, 4) is 0 Å². The third kappa shape index (κ3) is 3.43. The maximum Gasteiger partial charge on any atom is 0.337 e. The van der Waals surface area contributed by atoms with Gasteiger partial charge in [0, 0.05) is 50.3 Å². The number of fused-ring (bicyclic) bond motifs is 1. The summed E-state index contributed by atoms with van der Waals surface area (Å²) in [5.74, 6) is -0.583. The molecule has 5 nitrogen and oxygen atoms in total. The Bertz CT molecular complexity index is 929. The van der Waals surface area contributed by atoms with E-state index in [9.17, 15) is 9.90 Å². The standard InChI is InChI=1S/C21H25N3O2/c1-14(2)17-10-16(23(3)9-7-15-6-5-8-22-12-15)11-18-19(21(25)26)13-24(4)20(17)18/h5-6,8,10-14H,7,9H2,1-4H3,(H,25,26). The van der Waals surface area contributed by atoms with Crippen molar-refractivity contribution < 1.29 is 9.90 Å². The van der Waals surface area contributed by atoms with Crippen molar-refractivity contribution in [3.63, 3.8) is 0 Å². The SMILES string of the molecule is CC(C)c1cc(N(C)CCc2cccnc2)cc2c(C(=O)O)cn(C)c12. The second kappa shape index (κ2) is 7.20. The van der Waals surface area contributed by atoms with Crippen molar-refractivity contribution in [3.05, 3.63) is 59.5 Å². The van der Waals surface area contributed by atoms with E-state index in [2.05, 4.69) is 35.9 Å². The fraction of sp³-hybridized carbons (Fsp3) is 0.333. The van der Waals surface area contributed by atoms with E-state index < -0.39 is 5.97 Å². The number of aromatic nitrogens is 2. The summed E-state index contributed by atoms with van der Waals surface area (Å²) in [4.78, 5) is 18.0. The first kappa shape index (κ1) is 18.0. The molecule has 1 N–H and O–H groups in total. The van der Waals surface area contributed by atoms with E-state index >= 15 is 0 Å². The van der Waals surface area contributed by atoms with E-state index in [1.165, 1.54) is 11.1 Å². The molecule has 136 valence electrons. The fourth-order valence-corrected chi connectivity index (χ4v) is 3.37. The van der Waals surface area contributed by atoms with E-state index in [0.29, 0.717) is 11.5 Å². The van der Waals surface area contributed by atoms with Crippen LogP contribution in [0.5, 0.6) is 0 Å². The highest BCUT2D eigenvalue weighted by Crippen LogP contribution is 2.33. The molecule has 0 unspecified atom stereocenters. The van der Waals surface area contributed by atoms with E-state index in [4.69, 9.17) is 0 Å². The largest absolute Gasteiger partial charge is 0.478 e. The van der Waals surface area contributed by atoms with Gasteiger partial charge in [0.05, 0.1) is 11.1 Å².